The van der Waals surface area contributed by atoms with E-state index in [-0.39, 0.29) is 30.1 Å². The first-order chi connectivity index (χ1) is 14.0. The molecule has 0 amide bonds. The maximum Gasteiger partial charge on any atom is 0.325 e. The molecule has 3 rings (SSSR count). The Kier molecular flexibility index (Phi) is 7.18. The quantitative estimate of drug-likeness (QED) is 0.352. The van der Waals surface area contributed by atoms with Crippen LogP contribution in [-0.4, -0.2) is 52.3 Å². The van der Waals surface area contributed by atoms with Crippen molar-refractivity contribution in [3.8, 4) is 17.6 Å². The Balaban J connectivity index is 1.86. The number of para-hydroxylation sites is 1. The number of benzene rings is 1. The molecule has 0 unspecified atom stereocenters. The minimum Gasteiger partial charge on any atom is -0.473 e. The van der Waals surface area contributed by atoms with Gasteiger partial charge in [-0.2, -0.15) is 4.98 Å². The predicted molar refractivity (Wildman–Crippen MR) is 107 cm³/mol. The fraction of sp³-hybridized carbons (Fsp3) is 0.294. The lowest BCUT2D eigenvalue weighted by atomic mass is 10.1. The summed E-state index contributed by atoms with van der Waals surface area (Å²) >= 11 is 17.1. The van der Waals surface area contributed by atoms with E-state index in [2.05, 4.69) is 20.3 Å². The van der Waals surface area contributed by atoms with Crippen molar-refractivity contribution >= 4 is 46.4 Å². The van der Waals surface area contributed by atoms with Gasteiger partial charge in [-0.3, -0.25) is 0 Å². The fourth-order valence-corrected chi connectivity index (χ4v) is 2.34. The maximum absolute atomic E-state index is 5.81. The summed E-state index contributed by atoms with van der Waals surface area (Å²) in [6, 6.07) is 8.53. The number of hydrogen-bond donors (Lipinski definition) is 0. The van der Waals surface area contributed by atoms with Gasteiger partial charge in [0.15, 0.2) is 12.3 Å². The van der Waals surface area contributed by atoms with E-state index in [9.17, 15) is 0 Å². The van der Waals surface area contributed by atoms with Gasteiger partial charge >= 0.3 is 6.01 Å². The van der Waals surface area contributed by atoms with Gasteiger partial charge in [-0.15, -0.1) is 0 Å². The predicted octanol–water partition coefficient (Wildman–Crippen LogP) is 3.73. The van der Waals surface area contributed by atoms with Gasteiger partial charge in [-0.25, -0.2) is 4.98 Å². The summed E-state index contributed by atoms with van der Waals surface area (Å²) < 4.78 is 15.1. The van der Waals surface area contributed by atoms with Crippen molar-refractivity contribution in [2.24, 2.45) is 10.3 Å². The first-order valence-corrected chi connectivity index (χ1v) is 9.34. The normalized spacial score (nSPS) is 14.3. The van der Waals surface area contributed by atoms with Crippen LogP contribution in [-0.2, 0) is 14.4 Å². The molecule has 0 fully saturated rings. The lowest BCUT2D eigenvalue weighted by Crippen LogP contribution is -2.25. The topological polar surface area (TPSA) is 96.7 Å². The second-order valence-electron chi connectivity index (χ2n) is 5.38. The zero-order chi connectivity index (χ0) is 20.7. The Bertz CT molecular complexity index is 905. The minimum absolute atomic E-state index is 0.0128. The highest BCUT2D eigenvalue weighted by molar-refractivity contribution is 6.67. The SMILES string of the molecule is CON=C(C1=NOCCO1)c1ccccc1Oc1nccc(OCC(Cl)(Cl)Cl)n1. The summed E-state index contributed by atoms with van der Waals surface area (Å²) in [5, 5.41) is 7.86. The Hall–Kier alpha value is -2.49. The van der Waals surface area contributed by atoms with Crippen molar-refractivity contribution in [1.82, 2.24) is 9.97 Å². The molecule has 154 valence electrons. The maximum atomic E-state index is 5.81. The summed E-state index contributed by atoms with van der Waals surface area (Å²) in [7, 11) is 1.41. The van der Waals surface area contributed by atoms with Gasteiger partial charge in [0.2, 0.25) is 9.67 Å². The molecule has 0 saturated carbocycles. The van der Waals surface area contributed by atoms with Crippen LogP contribution in [0.15, 0.2) is 46.8 Å². The van der Waals surface area contributed by atoms with Crippen molar-refractivity contribution < 1.29 is 23.9 Å². The van der Waals surface area contributed by atoms with Gasteiger partial charge in [0.25, 0.3) is 5.90 Å². The van der Waals surface area contributed by atoms with Crippen LogP contribution in [0.5, 0.6) is 17.6 Å². The highest BCUT2D eigenvalue weighted by Crippen LogP contribution is 2.28. The first-order valence-electron chi connectivity index (χ1n) is 8.20. The van der Waals surface area contributed by atoms with Crippen LogP contribution >= 0.6 is 34.8 Å². The lowest BCUT2D eigenvalue weighted by Gasteiger charge is -2.16. The molecule has 9 nitrogen and oxygen atoms in total. The second-order valence-corrected chi connectivity index (χ2v) is 7.90. The van der Waals surface area contributed by atoms with E-state index in [0.29, 0.717) is 24.5 Å². The highest BCUT2D eigenvalue weighted by Gasteiger charge is 2.23. The zero-order valence-electron chi connectivity index (χ0n) is 15.0. The molecule has 2 heterocycles. The van der Waals surface area contributed by atoms with Crippen LogP contribution in [0.4, 0.5) is 0 Å². The monoisotopic (exact) mass is 460 g/mol. The van der Waals surface area contributed by atoms with Crippen LogP contribution in [0.2, 0.25) is 0 Å². The summed E-state index contributed by atoms with van der Waals surface area (Å²) in [6.07, 6.45) is 1.45. The molecule has 29 heavy (non-hydrogen) atoms. The molecule has 12 heteroatoms. The average Bonchev–Trinajstić information content (AvgIpc) is 2.72. The fourth-order valence-electron chi connectivity index (χ4n) is 2.17. The van der Waals surface area contributed by atoms with Crippen molar-refractivity contribution in [1.29, 1.82) is 0 Å². The Labute approximate surface area is 181 Å². The van der Waals surface area contributed by atoms with E-state index in [1.807, 2.05) is 0 Å². The summed E-state index contributed by atoms with van der Waals surface area (Å²) in [5.74, 6) is 0.714. The van der Waals surface area contributed by atoms with Crippen molar-refractivity contribution in [3.63, 3.8) is 0 Å². The number of ether oxygens (including phenoxy) is 3. The average molecular weight is 462 g/mol. The Morgan fingerprint density at radius 2 is 2.03 bits per heavy atom. The van der Waals surface area contributed by atoms with Gasteiger partial charge in [0, 0.05) is 12.3 Å². The number of aromatic nitrogens is 2. The number of rotatable bonds is 7. The van der Waals surface area contributed by atoms with Crippen LogP contribution < -0.4 is 9.47 Å². The van der Waals surface area contributed by atoms with Crippen LogP contribution in [0.3, 0.4) is 0 Å². The van der Waals surface area contributed by atoms with Gasteiger partial charge in [0.1, 0.15) is 26.1 Å². The number of alkyl halides is 3. The Morgan fingerprint density at radius 3 is 2.76 bits per heavy atom. The molecule has 0 radical (unpaired) electrons. The van der Waals surface area contributed by atoms with Crippen molar-refractivity contribution in [3.05, 3.63) is 42.1 Å². The molecule has 1 aromatic carbocycles. The van der Waals surface area contributed by atoms with Crippen molar-refractivity contribution in [2.45, 2.75) is 3.79 Å². The molecule has 0 atom stereocenters. The third kappa shape index (κ3) is 6.25. The summed E-state index contributed by atoms with van der Waals surface area (Å²) in [4.78, 5) is 18.2. The van der Waals surface area contributed by atoms with Gasteiger partial charge < -0.3 is 23.9 Å². The Morgan fingerprint density at radius 1 is 1.21 bits per heavy atom. The number of halogens is 3. The molecule has 0 saturated heterocycles. The summed E-state index contributed by atoms with van der Waals surface area (Å²) in [6.45, 7) is 0.486. The smallest absolute Gasteiger partial charge is 0.325 e. The molecular weight excluding hydrogens is 447 g/mol. The molecule has 0 N–H and O–H groups in total. The van der Waals surface area contributed by atoms with E-state index in [4.69, 9.17) is 58.7 Å². The zero-order valence-corrected chi connectivity index (χ0v) is 17.3. The third-order valence-electron chi connectivity index (χ3n) is 3.28. The van der Waals surface area contributed by atoms with E-state index in [1.165, 1.54) is 19.4 Å². The van der Waals surface area contributed by atoms with E-state index >= 15 is 0 Å². The van der Waals surface area contributed by atoms with Gasteiger partial charge in [-0.05, 0) is 17.3 Å². The van der Waals surface area contributed by atoms with Gasteiger partial charge in [-0.1, -0.05) is 52.1 Å². The molecule has 0 aliphatic carbocycles. The molecule has 1 aliphatic heterocycles. The number of hydrogen-bond acceptors (Lipinski definition) is 9. The largest absolute Gasteiger partial charge is 0.473 e. The minimum atomic E-state index is -1.58. The summed E-state index contributed by atoms with van der Waals surface area (Å²) in [5.41, 5.74) is 0.807. The molecule has 0 spiro atoms. The van der Waals surface area contributed by atoms with E-state index in [1.54, 1.807) is 24.3 Å². The highest BCUT2D eigenvalue weighted by atomic mass is 35.6. The molecule has 2 aromatic rings. The third-order valence-corrected chi connectivity index (χ3v) is 3.61. The molecular formula is C17H15Cl3N4O5. The van der Waals surface area contributed by atoms with Gasteiger partial charge in [0.05, 0.1) is 5.56 Å². The van der Waals surface area contributed by atoms with Crippen LogP contribution in [0.25, 0.3) is 0 Å². The molecule has 1 aromatic heterocycles. The lowest BCUT2D eigenvalue weighted by molar-refractivity contribution is 0.0672. The van der Waals surface area contributed by atoms with Crippen molar-refractivity contribution in [2.75, 3.05) is 26.9 Å². The van der Waals surface area contributed by atoms with Crippen LogP contribution in [0, 0.1) is 0 Å². The first kappa shape index (κ1) is 21.2. The number of oxime groups is 2. The van der Waals surface area contributed by atoms with Crippen LogP contribution in [0.1, 0.15) is 5.56 Å². The second kappa shape index (κ2) is 9.82. The number of nitrogens with zero attached hydrogens (tertiary/aromatic N) is 4. The van der Waals surface area contributed by atoms with E-state index in [0.717, 1.165) is 0 Å². The molecule has 1 aliphatic rings. The van der Waals surface area contributed by atoms with E-state index < -0.39 is 3.79 Å². The molecule has 0 bridgehead atoms. The standard InChI is InChI=1S/C17H15Cl3N4O5/c1-25-23-14(15-24-28-9-8-26-15)11-4-2-3-5-12(11)29-16-21-7-6-13(22-16)27-10-17(18,19)20/h2-7H,8-10H2,1H3.